The molecule has 0 unspecified atom stereocenters. The third-order valence-electron chi connectivity index (χ3n) is 3.66. The highest BCUT2D eigenvalue weighted by molar-refractivity contribution is 6.33. The Morgan fingerprint density at radius 2 is 1.75 bits per heavy atom. The number of aryl methyl sites for hydroxylation is 1. The van der Waals surface area contributed by atoms with Gasteiger partial charge in [0.25, 0.3) is 5.91 Å². The quantitative estimate of drug-likeness (QED) is 0.733. The minimum Gasteiger partial charge on any atom is -0.360 e. The molecule has 24 heavy (non-hydrogen) atoms. The number of hydrogen-bond donors (Lipinski definition) is 0. The SMILES string of the molecule is Cc1onc(-c2ccccc2Cl)c1C(=O)N(CC(C)C)CC(C)C. The number of nitrogens with zero attached hydrogens (tertiary/aromatic N) is 2. The van der Waals surface area contributed by atoms with E-state index in [0.29, 0.717) is 52.5 Å². The first kappa shape index (κ1) is 18.5. The van der Waals surface area contributed by atoms with Crippen LogP contribution in [0.1, 0.15) is 43.8 Å². The summed E-state index contributed by atoms with van der Waals surface area (Å²) in [7, 11) is 0. The Morgan fingerprint density at radius 1 is 1.17 bits per heavy atom. The van der Waals surface area contributed by atoms with Gasteiger partial charge in [0.05, 0.1) is 5.02 Å². The summed E-state index contributed by atoms with van der Waals surface area (Å²) >= 11 is 6.29. The van der Waals surface area contributed by atoms with Gasteiger partial charge in [0.15, 0.2) is 0 Å². The highest BCUT2D eigenvalue weighted by Gasteiger charge is 2.27. The molecule has 0 saturated heterocycles. The number of aromatic nitrogens is 1. The number of benzene rings is 1. The molecule has 0 spiro atoms. The second-order valence-electron chi connectivity index (χ2n) is 6.94. The molecule has 0 aliphatic heterocycles. The molecule has 0 aliphatic carbocycles. The smallest absolute Gasteiger partial charge is 0.259 e. The maximum Gasteiger partial charge on any atom is 0.259 e. The molecule has 0 N–H and O–H groups in total. The molecule has 0 atom stereocenters. The van der Waals surface area contributed by atoms with Crippen LogP contribution in [-0.2, 0) is 0 Å². The Kier molecular flexibility index (Phi) is 6.05. The van der Waals surface area contributed by atoms with Crippen LogP contribution in [0.15, 0.2) is 28.8 Å². The van der Waals surface area contributed by atoms with Crippen molar-refractivity contribution in [3.63, 3.8) is 0 Å². The predicted molar refractivity (Wildman–Crippen MR) is 97.3 cm³/mol. The number of hydrogen-bond acceptors (Lipinski definition) is 3. The van der Waals surface area contributed by atoms with E-state index in [1.165, 1.54) is 0 Å². The maximum atomic E-state index is 13.2. The van der Waals surface area contributed by atoms with Crippen LogP contribution in [0, 0.1) is 18.8 Å². The van der Waals surface area contributed by atoms with E-state index in [-0.39, 0.29) is 5.91 Å². The van der Waals surface area contributed by atoms with Gasteiger partial charge in [0.1, 0.15) is 17.0 Å². The third kappa shape index (κ3) is 4.18. The number of carbonyl (C=O) groups excluding carboxylic acids is 1. The van der Waals surface area contributed by atoms with Gasteiger partial charge in [-0.2, -0.15) is 0 Å². The van der Waals surface area contributed by atoms with Gasteiger partial charge in [0, 0.05) is 18.7 Å². The molecule has 1 aromatic heterocycles. The first-order valence-corrected chi connectivity index (χ1v) is 8.69. The summed E-state index contributed by atoms with van der Waals surface area (Å²) in [5.41, 5.74) is 1.73. The van der Waals surface area contributed by atoms with Gasteiger partial charge in [-0.05, 0) is 24.8 Å². The lowest BCUT2D eigenvalue weighted by Gasteiger charge is -2.26. The van der Waals surface area contributed by atoms with E-state index in [2.05, 4.69) is 32.9 Å². The Bertz CT molecular complexity index is 697. The lowest BCUT2D eigenvalue weighted by Crippen LogP contribution is -2.37. The molecule has 1 heterocycles. The monoisotopic (exact) mass is 348 g/mol. The number of amides is 1. The molecule has 0 radical (unpaired) electrons. The second kappa shape index (κ2) is 7.84. The molecule has 0 saturated carbocycles. The Balaban J connectivity index is 2.45. The van der Waals surface area contributed by atoms with E-state index in [4.69, 9.17) is 16.1 Å². The van der Waals surface area contributed by atoms with Crippen LogP contribution in [0.4, 0.5) is 0 Å². The van der Waals surface area contributed by atoms with E-state index >= 15 is 0 Å². The zero-order chi connectivity index (χ0) is 17.9. The highest BCUT2D eigenvalue weighted by Crippen LogP contribution is 2.32. The molecule has 0 bridgehead atoms. The van der Waals surface area contributed by atoms with Crippen LogP contribution >= 0.6 is 11.6 Å². The van der Waals surface area contributed by atoms with Gasteiger partial charge in [-0.1, -0.05) is 62.7 Å². The minimum absolute atomic E-state index is 0.0499. The maximum absolute atomic E-state index is 13.2. The van der Waals surface area contributed by atoms with Gasteiger partial charge in [-0.3, -0.25) is 4.79 Å². The standard InChI is InChI=1S/C19H25ClN2O2/c1-12(2)10-22(11-13(3)4)19(23)17-14(5)24-21-18(17)15-8-6-7-9-16(15)20/h6-9,12-13H,10-11H2,1-5H3. The Labute approximate surface area is 148 Å². The first-order valence-electron chi connectivity index (χ1n) is 8.31. The van der Waals surface area contributed by atoms with E-state index < -0.39 is 0 Å². The molecule has 2 rings (SSSR count). The topological polar surface area (TPSA) is 46.3 Å². The fourth-order valence-electron chi connectivity index (χ4n) is 2.74. The average Bonchev–Trinajstić information content (AvgIpc) is 2.87. The van der Waals surface area contributed by atoms with Gasteiger partial charge in [-0.25, -0.2) is 0 Å². The van der Waals surface area contributed by atoms with E-state index in [1.807, 2.05) is 23.1 Å². The van der Waals surface area contributed by atoms with E-state index in [1.54, 1.807) is 13.0 Å². The highest BCUT2D eigenvalue weighted by atomic mass is 35.5. The molecule has 1 aromatic carbocycles. The third-order valence-corrected chi connectivity index (χ3v) is 3.99. The van der Waals surface area contributed by atoms with Crippen molar-refractivity contribution in [1.29, 1.82) is 0 Å². The molecule has 0 fully saturated rings. The van der Waals surface area contributed by atoms with Crippen molar-refractivity contribution in [3.8, 4) is 11.3 Å². The van der Waals surface area contributed by atoms with Gasteiger partial charge in [0.2, 0.25) is 0 Å². The predicted octanol–water partition coefficient (Wildman–Crippen LogP) is 5.06. The first-order chi connectivity index (χ1) is 11.3. The van der Waals surface area contributed by atoms with Gasteiger partial charge in [-0.15, -0.1) is 0 Å². The summed E-state index contributed by atoms with van der Waals surface area (Å²) in [4.78, 5) is 15.1. The molecule has 130 valence electrons. The summed E-state index contributed by atoms with van der Waals surface area (Å²) in [5.74, 6) is 1.24. The zero-order valence-corrected chi connectivity index (χ0v) is 15.7. The van der Waals surface area contributed by atoms with Crippen LogP contribution in [-0.4, -0.2) is 29.1 Å². The van der Waals surface area contributed by atoms with Crippen molar-refractivity contribution in [2.75, 3.05) is 13.1 Å². The van der Waals surface area contributed by atoms with Gasteiger partial charge < -0.3 is 9.42 Å². The van der Waals surface area contributed by atoms with Crippen molar-refractivity contribution < 1.29 is 9.32 Å². The van der Waals surface area contributed by atoms with Crippen molar-refractivity contribution in [2.45, 2.75) is 34.6 Å². The van der Waals surface area contributed by atoms with Crippen LogP contribution in [0.2, 0.25) is 5.02 Å². The van der Waals surface area contributed by atoms with E-state index in [9.17, 15) is 4.79 Å². The summed E-state index contributed by atoms with van der Waals surface area (Å²) in [6.45, 7) is 11.6. The zero-order valence-electron chi connectivity index (χ0n) is 15.0. The molecular formula is C19H25ClN2O2. The number of carbonyl (C=O) groups is 1. The Morgan fingerprint density at radius 3 is 2.29 bits per heavy atom. The lowest BCUT2D eigenvalue weighted by atomic mass is 10.0. The van der Waals surface area contributed by atoms with Crippen molar-refractivity contribution >= 4 is 17.5 Å². The average molecular weight is 349 g/mol. The fourth-order valence-corrected chi connectivity index (χ4v) is 2.97. The van der Waals surface area contributed by atoms with Crippen molar-refractivity contribution in [1.82, 2.24) is 10.1 Å². The van der Waals surface area contributed by atoms with Crippen molar-refractivity contribution in [2.24, 2.45) is 11.8 Å². The summed E-state index contributed by atoms with van der Waals surface area (Å²) in [6, 6.07) is 7.37. The van der Waals surface area contributed by atoms with E-state index in [0.717, 1.165) is 0 Å². The number of halogens is 1. The molecular weight excluding hydrogens is 324 g/mol. The summed E-state index contributed by atoms with van der Waals surface area (Å²) < 4.78 is 5.33. The molecule has 4 nitrogen and oxygen atoms in total. The Hall–Kier alpha value is -1.81. The summed E-state index contributed by atoms with van der Waals surface area (Å²) in [6.07, 6.45) is 0. The van der Waals surface area contributed by atoms with Crippen LogP contribution in [0.3, 0.4) is 0 Å². The van der Waals surface area contributed by atoms with Crippen LogP contribution in [0.25, 0.3) is 11.3 Å². The second-order valence-corrected chi connectivity index (χ2v) is 7.35. The molecule has 0 aliphatic rings. The van der Waals surface area contributed by atoms with Crippen LogP contribution < -0.4 is 0 Å². The molecule has 2 aromatic rings. The van der Waals surface area contributed by atoms with Crippen LogP contribution in [0.5, 0.6) is 0 Å². The minimum atomic E-state index is -0.0499. The molecule has 5 heteroatoms. The lowest BCUT2D eigenvalue weighted by molar-refractivity contribution is 0.0714. The number of rotatable bonds is 6. The van der Waals surface area contributed by atoms with Gasteiger partial charge >= 0.3 is 0 Å². The summed E-state index contributed by atoms with van der Waals surface area (Å²) in [5, 5.41) is 4.66. The largest absolute Gasteiger partial charge is 0.360 e. The molecule has 1 amide bonds. The van der Waals surface area contributed by atoms with Crippen molar-refractivity contribution in [3.05, 3.63) is 40.6 Å². The fraction of sp³-hybridized carbons (Fsp3) is 0.474. The normalized spacial score (nSPS) is 11.3.